The molecule has 0 saturated carbocycles. The monoisotopic (exact) mass is 216 g/mol. The molecule has 3 N–H and O–H groups in total. The van der Waals surface area contributed by atoms with Crippen LogP contribution in [-0.4, -0.2) is 17.1 Å². The van der Waals surface area contributed by atoms with Crippen molar-refractivity contribution in [1.29, 1.82) is 0 Å². The van der Waals surface area contributed by atoms with Gasteiger partial charge in [0.05, 0.1) is 0 Å². The molecule has 0 aliphatic rings. The van der Waals surface area contributed by atoms with Crippen LogP contribution in [0.25, 0.3) is 0 Å². The van der Waals surface area contributed by atoms with Gasteiger partial charge in [-0.2, -0.15) is 0 Å². The Morgan fingerprint density at radius 1 is 1.38 bits per heavy atom. The first-order valence-corrected chi connectivity index (χ1v) is 3.72. The molecule has 4 heteroatoms. The van der Waals surface area contributed by atoms with Crippen molar-refractivity contribution in [3.05, 3.63) is 35.9 Å². The van der Waals surface area contributed by atoms with Crippen LogP contribution in [0.2, 0.25) is 0 Å². The second kappa shape index (κ2) is 5.81. The van der Waals surface area contributed by atoms with Gasteiger partial charge < -0.3 is 10.8 Å². The van der Waals surface area contributed by atoms with Gasteiger partial charge in [0.25, 0.3) is 0 Å². The Morgan fingerprint density at radius 2 is 1.92 bits per heavy atom. The molecule has 1 atom stereocenters. The van der Waals surface area contributed by atoms with Crippen molar-refractivity contribution in [2.75, 3.05) is 0 Å². The maximum absolute atomic E-state index is 10.4. The van der Waals surface area contributed by atoms with E-state index in [1.807, 2.05) is 30.3 Å². The smallest absolute Gasteiger partial charge is 0.320 e. The van der Waals surface area contributed by atoms with Crippen LogP contribution in [0, 0.1) is 0 Å². The average molecular weight is 216 g/mol. The second-order valence-corrected chi connectivity index (χ2v) is 2.63. The van der Waals surface area contributed by atoms with E-state index < -0.39 is 12.0 Å². The van der Waals surface area contributed by atoms with Crippen molar-refractivity contribution < 1.29 is 28.5 Å². The Balaban J connectivity index is 0.00000144. The Bertz CT molecular complexity index is 264. The predicted octanol–water partition coefficient (Wildman–Crippen LogP) is 0.639. The number of hydrogen-bond donors (Lipinski definition) is 2. The first kappa shape index (κ1) is 12.2. The van der Waals surface area contributed by atoms with E-state index in [1.165, 1.54) is 0 Å². The van der Waals surface area contributed by atoms with Crippen molar-refractivity contribution in [2.24, 2.45) is 5.73 Å². The Morgan fingerprint density at radius 3 is 2.38 bits per heavy atom. The summed E-state index contributed by atoms with van der Waals surface area (Å²) in [6, 6.07) is 8.54. The molecule has 0 aliphatic carbocycles. The van der Waals surface area contributed by atoms with E-state index in [4.69, 9.17) is 10.8 Å². The topological polar surface area (TPSA) is 63.3 Å². The number of nitrogens with two attached hydrogens (primary N) is 1. The second-order valence-electron chi connectivity index (χ2n) is 2.63. The number of carboxylic acids is 1. The first-order valence-electron chi connectivity index (χ1n) is 3.72. The van der Waals surface area contributed by atoms with Crippen LogP contribution in [0.15, 0.2) is 30.3 Å². The van der Waals surface area contributed by atoms with Crippen molar-refractivity contribution in [1.82, 2.24) is 0 Å². The molecule has 0 saturated heterocycles. The fourth-order valence-corrected chi connectivity index (χ4v) is 0.955. The summed E-state index contributed by atoms with van der Waals surface area (Å²) >= 11 is 0. The van der Waals surface area contributed by atoms with Gasteiger partial charge in [-0.25, -0.2) is 0 Å². The molecule has 13 heavy (non-hydrogen) atoms. The van der Waals surface area contributed by atoms with Gasteiger partial charge in [0.1, 0.15) is 6.04 Å². The Hall–Kier alpha value is -0.766. The molecule has 69 valence electrons. The molecular weight excluding hydrogens is 205 g/mol. The number of aliphatic carboxylic acids is 1. The van der Waals surface area contributed by atoms with E-state index in [-0.39, 0.29) is 18.6 Å². The third-order valence-corrected chi connectivity index (χ3v) is 1.62. The van der Waals surface area contributed by atoms with Gasteiger partial charge in [0.15, 0.2) is 0 Å². The summed E-state index contributed by atoms with van der Waals surface area (Å²) in [5.41, 5.74) is 6.30. The third-order valence-electron chi connectivity index (χ3n) is 1.62. The standard InChI is InChI=1S/C9H11NO2.V/c10-8(9(11)12)6-7-4-2-1-3-5-7;/h1-5,8H,6,10H2,(H,11,12);/t8-;/m0./s1. The number of hydrogen-bond acceptors (Lipinski definition) is 2. The number of carboxylic acid groups (broad SMARTS) is 1. The summed E-state index contributed by atoms with van der Waals surface area (Å²) in [5, 5.41) is 8.52. The quantitative estimate of drug-likeness (QED) is 0.779. The number of rotatable bonds is 3. The molecule has 0 aliphatic heterocycles. The van der Waals surface area contributed by atoms with Crippen LogP contribution >= 0.6 is 0 Å². The third kappa shape index (κ3) is 4.13. The van der Waals surface area contributed by atoms with Crippen molar-refractivity contribution in [3.63, 3.8) is 0 Å². The molecule has 0 spiro atoms. The molecule has 0 unspecified atom stereocenters. The summed E-state index contributed by atoms with van der Waals surface area (Å²) in [5.74, 6) is -0.959. The maximum atomic E-state index is 10.4. The summed E-state index contributed by atoms with van der Waals surface area (Å²) < 4.78 is 0. The van der Waals surface area contributed by atoms with Gasteiger partial charge in [-0.15, -0.1) is 0 Å². The molecule has 1 aromatic rings. The van der Waals surface area contributed by atoms with E-state index in [1.54, 1.807) is 0 Å². The predicted molar refractivity (Wildman–Crippen MR) is 45.8 cm³/mol. The van der Waals surface area contributed by atoms with Crippen LogP contribution in [0.5, 0.6) is 0 Å². The maximum Gasteiger partial charge on any atom is 0.320 e. The molecule has 0 amide bonds. The Kier molecular flexibility index (Phi) is 5.47. The zero-order valence-corrected chi connectivity index (χ0v) is 8.45. The number of carbonyl (C=O) groups is 1. The van der Waals surface area contributed by atoms with E-state index in [0.717, 1.165) is 5.56 Å². The SMILES string of the molecule is N[C@@H](Cc1ccccc1)C(=O)O.[V]. The van der Waals surface area contributed by atoms with Gasteiger partial charge in [0.2, 0.25) is 0 Å². The van der Waals surface area contributed by atoms with E-state index >= 15 is 0 Å². The summed E-state index contributed by atoms with van der Waals surface area (Å²) in [6.07, 6.45) is 0.385. The van der Waals surface area contributed by atoms with E-state index in [2.05, 4.69) is 0 Å². The van der Waals surface area contributed by atoms with Gasteiger partial charge in [-0.3, -0.25) is 4.79 Å². The molecule has 0 aromatic heterocycles. The fourth-order valence-electron chi connectivity index (χ4n) is 0.955. The minimum absolute atomic E-state index is 0. The molecule has 1 aromatic carbocycles. The minimum atomic E-state index is -0.959. The van der Waals surface area contributed by atoms with Crippen LogP contribution < -0.4 is 5.73 Å². The number of benzene rings is 1. The molecular formula is C9H11NO2V. The molecule has 1 radical (unpaired) electrons. The Labute approximate surface area is 88.8 Å². The van der Waals surface area contributed by atoms with Crippen LogP contribution in [0.1, 0.15) is 5.56 Å². The summed E-state index contributed by atoms with van der Waals surface area (Å²) in [6.45, 7) is 0. The minimum Gasteiger partial charge on any atom is -0.480 e. The fraction of sp³-hybridized carbons (Fsp3) is 0.222. The van der Waals surface area contributed by atoms with E-state index in [9.17, 15) is 4.79 Å². The molecule has 0 fully saturated rings. The van der Waals surface area contributed by atoms with E-state index in [0.29, 0.717) is 6.42 Å². The average Bonchev–Trinajstić information content (AvgIpc) is 2.06. The van der Waals surface area contributed by atoms with Crippen LogP contribution in [0.3, 0.4) is 0 Å². The summed E-state index contributed by atoms with van der Waals surface area (Å²) in [7, 11) is 0. The molecule has 0 bridgehead atoms. The zero-order valence-electron chi connectivity index (χ0n) is 7.05. The van der Waals surface area contributed by atoms with Gasteiger partial charge in [0, 0.05) is 18.6 Å². The molecule has 3 nitrogen and oxygen atoms in total. The zero-order chi connectivity index (χ0) is 8.97. The molecule has 1 rings (SSSR count). The van der Waals surface area contributed by atoms with Crippen molar-refractivity contribution in [3.8, 4) is 0 Å². The first-order chi connectivity index (χ1) is 5.70. The van der Waals surface area contributed by atoms with Gasteiger partial charge in [-0.1, -0.05) is 30.3 Å². The van der Waals surface area contributed by atoms with Gasteiger partial charge >= 0.3 is 5.97 Å². The largest absolute Gasteiger partial charge is 0.480 e. The summed E-state index contributed by atoms with van der Waals surface area (Å²) in [4.78, 5) is 10.4. The van der Waals surface area contributed by atoms with Crippen molar-refractivity contribution in [2.45, 2.75) is 12.5 Å². The van der Waals surface area contributed by atoms with Crippen LogP contribution in [0.4, 0.5) is 0 Å². The molecule has 0 heterocycles. The van der Waals surface area contributed by atoms with Crippen molar-refractivity contribution >= 4 is 5.97 Å². The normalized spacial score (nSPS) is 11.5. The van der Waals surface area contributed by atoms with Crippen LogP contribution in [-0.2, 0) is 29.8 Å². The van der Waals surface area contributed by atoms with Gasteiger partial charge in [-0.05, 0) is 12.0 Å².